The number of halogens is 1. The molecule has 1 aromatic carbocycles. The molecule has 4 heteroatoms. The smallest absolute Gasteiger partial charge is 0.223 e. The second-order valence-electron chi connectivity index (χ2n) is 5.53. The molecule has 2 rings (SSSR count). The van der Waals surface area contributed by atoms with Crippen molar-refractivity contribution in [2.24, 2.45) is 5.92 Å². The molecule has 1 aliphatic carbocycles. The minimum atomic E-state index is 0.0842. The maximum absolute atomic E-state index is 12.0. The molecule has 0 saturated heterocycles. The van der Waals surface area contributed by atoms with E-state index in [1.165, 1.54) is 0 Å². The van der Waals surface area contributed by atoms with Gasteiger partial charge in [0, 0.05) is 24.1 Å². The molecule has 1 N–H and O–H groups in total. The van der Waals surface area contributed by atoms with Crippen molar-refractivity contribution in [3.8, 4) is 0 Å². The molecule has 1 amide bonds. The molecule has 1 saturated carbocycles. The Hall–Kier alpha value is -1.06. The lowest BCUT2D eigenvalue weighted by atomic mass is 10.1. The first-order valence-electron chi connectivity index (χ1n) is 7.23. The van der Waals surface area contributed by atoms with Crippen molar-refractivity contribution in [3.05, 3.63) is 34.9 Å². The van der Waals surface area contributed by atoms with Crippen LogP contribution >= 0.6 is 11.6 Å². The molecule has 0 spiro atoms. The van der Waals surface area contributed by atoms with Gasteiger partial charge in [0.15, 0.2) is 0 Å². The first kappa shape index (κ1) is 15.3. The minimum Gasteiger partial charge on any atom is -0.379 e. The van der Waals surface area contributed by atoms with Gasteiger partial charge in [0.2, 0.25) is 5.91 Å². The maximum atomic E-state index is 12.0. The largest absolute Gasteiger partial charge is 0.379 e. The second kappa shape index (κ2) is 7.09. The Balaban J connectivity index is 1.70. The first-order chi connectivity index (χ1) is 9.59. The van der Waals surface area contributed by atoms with Crippen LogP contribution in [0.15, 0.2) is 24.3 Å². The van der Waals surface area contributed by atoms with Crippen LogP contribution in [0.3, 0.4) is 0 Å². The predicted octanol–water partition coefficient (Wildman–Crippen LogP) is 3.37. The highest BCUT2D eigenvalue weighted by atomic mass is 35.5. The van der Waals surface area contributed by atoms with Gasteiger partial charge in [0.1, 0.15) is 0 Å². The summed E-state index contributed by atoms with van der Waals surface area (Å²) in [6, 6.07) is 7.78. The third-order valence-corrected chi connectivity index (χ3v) is 3.85. The predicted molar refractivity (Wildman–Crippen MR) is 81.0 cm³/mol. The summed E-state index contributed by atoms with van der Waals surface area (Å²) in [4.78, 5) is 12.0. The molecular formula is C16H22ClNO2. The van der Waals surface area contributed by atoms with Gasteiger partial charge in [-0.2, -0.15) is 0 Å². The highest BCUT2D eigenvalue weighted by Crippen LogP contribution is 2.49. The van der Waals surface area contributed by atoms with Crippen LogP contribution in [0.4, 0.5) is 0 Å². The number of nitrogens with one attached hydrogen (secondary N) is 1. The topological polar surface area (TPSA) is 38.3 Å². The molecule has 110 valence electrons. The highest BCUT2D eigenvalue weighted by Gasteiger charge is 2.44. The van der Waals surface area contributed by atoms with Crippen molar-refractivity contribution in [2.75, 3.05) is 13.2 Å². The number of carbonyl (C=O) groups excluding carboxylic acids is 1. The quantitative estimate of drug-likeness (QED) is 0.783. The van der Waals surface area contributed by atoms with Crippen molar-refractivity contribution >= 4 is 17.5 Å². The van der Waals surface area contributed by atoms with E-state index < -0.39 is 0 Å². The molecule has 2 unspecified atom stereocenters. The number of hydrogen-bond acceptors (Lipinski definition) is 2. The molecule has 1 fully saturated rings. The van der Waals surface area contributed by atoms with Crippen molar-refractivity contribution in [1.29, 1.82) is 0 Å². The molecule has 1 aromatic rings. The lowest BCUT2D eigenvalue weighted by Gasteiger charge is -2.08. The fourth-order valence-electron chi connectivity index (χ4n) is 2.34. The molecule has 0 heterocycles. The zero-order chi connectivity index (χ0) is 14.5. The molecule has 0 radical (unpaired) electrons. The molecule has 0 aliphatic heterocycles. The number of ether oxygens (including phenoxy) is 1. The fraction of sp³-hybridized carbons (Fsp3) is 0.562. The van der Waals surface area contributed by atoms with Crippen LogP contribution in [-0.4, -0.2) is 25.2 Å². The van der Waals surface area contributed by atoms with Gasteiger partial charge in [0.05, 0.1) is 6.10 Å². The van der Waals surface area contributed by atoms with Crippen molar-refractivity contribution < 1.29 is 9.53 Å². The van der Waals surface area contributed by atoms with Gasteiger partial charge >= 0.3 is 0 Å². The van der Waals surface area contributed by atoms with E-state index in [-0.39, 0.29) is 23.8 Å². The van der Waals surface area contributed by atoms with Gasteiger partial charge in [-0.25, -0.2) is 0 Å². The number of hydrogen-bond donors (Lipinski definition) is 1. The summed E-state index contributed by atoms with van der Waals surface area (Å²) in [7, 11) is 0. The minimum absolute atomic E-state index is 0.0842. The van der Waals surface area contributed by atoms with Crippen molar-refractivity contribution in [1.82, 2.24) is 5.32 Å². The van der Waals surface area contributed by atoms with Gasteiger partial charge < -0.3 is 10.1 Å². The normalized spacial score (nSPS) is 21.0. The van der Waals surface area contributed by atoms with E-state index in [0.29, 0.717) is 13.2 Å². The lowest BCUT2D eigenvalue weighted by Crippen LogP contribution is -2.27. The first-order valence-corrected chi connectivity index (χ1v) is 7.61. The molecule has 0 aromatic heterocycles. The van der Waals surface area contributed by atoms with E-state index in [9.17, 15) is 4.79 Å². The molecule has 3 nitrogen and oxygen atoms in total. The van der Waals surface area contributed by atoms with Crippen LogP contribution < -0.4 is 5.32 Å². The summed E-state index contributed by atoms with van der Waals surface area (Å²) in [5, 5.41) is 3.74. The number of amides is 1. The van der Waals surface area contributed by atoms with E-state index in [1.807, 2.05) is 38.1 Å². The summed E-state index contributed by atoms with van der Waals surface area (Å²) in [5.41, 5.74) is 1.09. The SMILES string of the molecule is CC(C)OCCCNC(=O)C1CC1c1ccccc1Cl. The van der Waals surface area contributed by atoms with Crippen LogP contribution in [0.5, 0.6) is 0 Å². The standard InChI is InChI=1S/C16H22ClNO2/c1-11(2)20-9-5-8-18-16(19)14-10-13(14)12-6-3-4-7-15(12)17/h3-4,6-7,11,13-14H,5,8-10H2,1-2H3,(H,18,19). The summed E-state index contributed by atoms with van der Waals surface area (Å²) in [5.74, 6) is 0.510. The molecule has 0 bridgehead atoms. The van der Waals surface area contributed by atoms with E-state index in [0.717, 1.165) is 23.4 Å². The summed E-state index contributed by atoms with van der Waals surface area (Å²) in [6.45, 7) is 5.39. The van der Waals surface area contributed by atoms with Crippen LogP contribution in [-0.2, 0) is 9.53 Å². The Kier molecular flexibility index (Phi) is 5.44. The van der Waals surface area contributed by atoms with E-state index >= 15 is 0 Å². The highest BCUT2D eigenvalue weighted by molar-refractivity contribution is 6.31. The van der Waals surface area contributed by atoms with Gasteiger partial charge in [0.25, 0.3) is 0 Å². The molecular weight excluding hydrogens is 274 g/mol. The lowest BCUT2D eigenvalue weighted by molar-refractivity contribution is -0.122. The van der Waals surface area contributed by atoms with Crippen LogP contribution in [0.2, 0.25) is 5.02 Å². The Labute approximate surface area is 125 Å². The van der Waals surface area contributed by atoms with Crippen LogP contribution in [0, 0.1) is 5.92 Å². The zero-order valence-electron chi connectivity index (χ0n) is 12.1. The monoisotopic (exact) mass is 295 g/mol. The molecule has 2 atom stereocenters. The Morgan fingerprint density at radius 3 is 2.90 bits per heavy atom. The number of rotatable bonds is 7. The van der Waals surface area contributed by atoms with Gasteiger partial charge in [-0.1, -0.05) is 29.8 Å². The summed E-state index contributed by atoms with van der Waals surface area (Å²) < 4.78 is 5.44. The van der Waals surface area contributed by atoms with Gasteiger partial charge in [-0.05, 0) is 44.2 Å². The van der Waals surface area contributed by atoms with Crippen LogP contribution in [0.1, 0.15) is 38.2 Å². The van der Waals surface area contributed by atoms with E-state index in [1.54, 1.807) is 0 Å². The molecule has 1 aliphatic rings. The van der Waals surface area contributed by atoms with Crippen LogP contribution in [0.25, 0.3) is 0 Å². The van der Waals surface area contributed by atoms with Crippen molar-refractivity contribution in [3.63, 3.8) is 0 Å². The van der Waals surface area contributed by atoms with Gasteiger partial charge in [-0.3, -0.25) is 4.79 Å². The third-order valence-electron chi connectivity index (χ3n) is 3.50. The second-order valence-corrected chi connectivity index (χ2v) is 5.94. The average Bonchev–Trinajstić information content (AvgIpc) is 3.18. The van der Waals surface area contributed by atoms with E-state index in [2.05, 4.69) is 5.32 Å². The summed E-state index contributed by atoms with van der Waals surface area (Å²) >= 11 is 6.16. The maximum Gasteiger partial charge on any atom is 0.223 e. The molecule has 20 heavy (non-hydrogen) atoms. The average molecular weight is 296 g/mol. The number of benzene rings is 1. The van der Waals surface area contributed by atoms with Gasteiger partial charge in [-0.15, -0.1) is 0 Å². The Morgan fingerprint density at radius 2 is 2.20 bits per heavy atom. The third kappa shape index (κ3) is 4.22. The number of carbonyl (C=O) groups is 1. The zero-order valence-corrected chi connectivity index (χ0v) is 12.8. The Bertz CT molecular complexity index is 462. The summed E-state index contributed by atoms with van der Waals surface area (Å²) in [6.07, 6.45) is 2.00. The Morgan fingerprint density at radius 1 is 1.45 bits per heavy atom. The fourth-order valence-corrected chi connectivity index (χ4v) is 2.61. The van der Waals surface area contributed by atoms with Crippen molar-refractivity contribution in [2.45, 2.75) is 38.7 Å². The van der Waals surface area contributed by atoms with E-state index in [4.69, 9.17) is 16.3 Å².